The number of benzene rings is 1. The number of hydrogen-bond donors (Lipinski definition) is 2. The van der Waals surface area contributed by atoms with Gasteiger partial charge in [-0.1, -0.05) is 25.1 Å². The smallest absolute Gasteiger partial charge is 0.0681 e. The summed E-state index contributed by atoms with van der Waals surface area (Å²) in [4.78, 5) is 0. The zero-order valence-corrected chi connectivity index (χ0v) is 8.59. The Kier molecular flexibility index (Phi) is 2.85. The Hall–Kier alpha value is -0.860. The van der Waals surface area contributed by atoms with E-state index in [1.54, 1.807) is 0 Å². The second-order valence-electron chi connectivity index (χ2n) is 3.86. The summed E-state index contributed by atoms with van der Waals surface area (Å²) in [6.07, 6.45) is 2.21. The van der Waals surface area contributed by atoms with E-state index in [9.17, 15) is 0 Å². The van der Waals surface area contributed by atoms with E-state index in [0.717, 1.165) is 24.9 Å². The van der Waals surface area contributed by atoms with E-state index in [1.165, 1.54) is 11.1 Å². The Morgan fingerprint density at radius 1 is 1.50 bits per heavy atom. The molecule has 0 aliphatic carbocycles. The van der Waals surface area contributed by atoms with Gasteiger partial charge in [-0.3, -0.25) is 0 Å². The lowest BCUT2D eigenvalue weighted by atomic mass is 9.91. The molecule has 0 saturated carbocycles. The Bertz CT molecular complexity index is 322. The van der Waals surface area contributed by atoms with Crippen LogP contribution in [0.1, 0.15) is 36.1 Å². The first-order valence-corrected chi connectivity index (χ1v) is 5.31. The van der Waals surface area contributed by atoms with Crippen molar-refractivity contribution in [3.8, 4) is 0 Å². The van der Waals surface area contributed by atoms with Gasteiger partial charge >= 0.3 is 0 Å². The van der Waals surface area contributed by atoms with E-state index >= 15 is 0 Å². The van der Waals surface area contributed by atoms with Crippen LogP contribution in [-0.2, 0) is 13.0 Å². The summed E-state index contributed by atoms with van der Waals surface area (Å²) in [6, 6.07) is 6.82. The van der Waals surface area contributed by atoms with Crippen LogP contribution in [0.25, 0.3) is 0 Å². The van der Waals surface area contributed by atoms with E-state index < -0.39 is 0 Å². The molecular formula is C12H17NO. The van der Waals surface area contributed by atoms with Crippen molar-refractivity contribution in [1.29, 1.82) is 0 Å². The third-order valence-electron chi connectivity index (χ3n) is 2.96. The molecule has 2 N–H and O–H groups in total. The molecule has 14 heavy (non-hydrogen) atoms. The second kappa shape index (κ2) is 4.11. The van der Waals surface area contributed by atoms with Crippen LogP contribution in [0, 0.1) is 0 Å². The minimum Gasteiger partial charge on any atom is -0.392 e. The highest BCUT2D eigenvalue weighted by Gasteiger charge is 2.17. The van der Waals surface area contributed by atoms with Gasteiger partial charge in [-0.05, 0) is 36.1 Å². The van der Waals surface area contributed by atoms with Crippen LogP contribution in [0.15, 0.2) is 18.2 Å². The van der Waals surface area contributed by atoms with Crippen LogP contribution in [0.3, 0.4) is 0 Å². The lowest BCUT2D eigenvalue weighted by molar-refractivity contribution is 0.281. The van der Waals surface area contributed by atoms with Gasteiger partial charge in [-0.2, -0.15) is 0 Å². The molecule has 0 amide bonds. The monoisotopic (exact) mass is 191 g/mol. The number of hydrogen-bond acceptors (Lipinski definition) is 2. The highest BCUT2D eigenvalue weighted by molar-refractivity contribution is 5.36. The highest BCUT2D eigenvalue weighted by atomic mass is 16.3. The first kappa shape index (κ1) is 9.69. The quantitative estimate of drug-likeness (QED) is 0.746. The number of aliphatic hydroxyl groups is 1. The molecule has 0 fully saturated rings. The maximum Gasteiger partial charge on any atom is 0.0681 e. The normalized spacial score (nSPS) is 20.6. The average Bonchev–Trinajstić information content (AvgIpc) is 2.27. The van der Waals surface area contributed by atoms with Crippen LogP contribution >= 0.6 is 0 Å². The first-order valence-electron chi connectivity index (χ1n) is 5.31. The minimum atomic E-state index is 0.150. The zero-order chi connectivity index (χ0) is 9.97. The summed E-state index contributed by atoms with van der Waals surface area (Å²) in [5.41, 5.74) is 3.85. The molecule has 1 atom stereocenters. The van der Waals surface area contributed by atoms with Crippen LogP contribution < -0.4 is 5.32 Å². The minimum absolute atomic E-state index is 0.150. The summed E-state index contributed by atoms with van der Waals surface area (Å²) in [5.74, 6) is 0. The predicted molar refractivity (Wildman–Crippen MR) is 57.1 cm³/mol. The Balaban J connectivity index is 2.35. The van der Waals surface area contributed by atoms with Crippen molar-refractivity contribution < 1.29 is 5.11 Å². The van der Waals surface area contributed by atoms with Crippen molar-refractivity contribution in [3.63, 3.8) is 0 Å². The van der Waals surface area contributed by atoms with Crippen LogP contribution in [0.2, 0.25) is 0 Å². The molecule has 1 heterocycles. The van der Waals surface area contributed by atoms with E-state index in [-0.39, 0.29) is 6.61 Å². The van der Waals surface area contributed by atoms with Gasteiger partial charge in [0, 0.05) is 6.04 Å². The maximum absolute atomic E-state index is 9.05. The average molecular weight is 191 g/mol. The molecule has 0 radical (unpaired) electrons. The molecular weight excluding hydrogens is 174 g/mol. The molecule has 76 valence electrons. The van der Waals surface area contributed by atoms with E-state index in [2.05, 4.69) is 24.4 Å². The van der Waals surface area contributed by atoms with Gasteiger partial charge in [0.25, 0.3) is 0 Å². The molecule has 2 rings (SSSR count). The maximum atomic E-state index is 9.05. The van der Waals surface area contributed by atoms with Crippen LogP contribution in [0.4, 0.5) is 0 Å². The summed E-state index contributed by atoms with van der Waals surface area (Å²) < 4.78 is 0. The molecule has 1 aliphatic rings. The van der Waals surface area contributed by atoms with Gasteiger partial charge in [-0.15, -0.1) is 0 Å². The standard InChI is InChI=1S/C12H17NO/c1-2-12-11-4-3-9(8-14)7-10(11)5-6-13-12/h3-4,7,12-14H,2,5-6,8H2,1H3. The van der Waals surface area contributed by atoms with Crippen molar-refractivity contribution in [2.75, 3.05) is 6.54 Å². The van der Waals surface area contributed by atoms with E-state index in [1.807, 2.05) is 6.07 Å². The Morgan fingerprint density at radius 3 is 3.07 bits per heavy atom. The van der Waals surface area contributed by atoms with E-state index in [0.29, 0.717) is 6.04 Å². The van der Waals surface area contributed by atoms with E-state index in [4.69, 9.17) is 5.11 Å². The fraction of sp³-hybridized carbons (Fsp3) is 0.500. The van der Waals surface area contributed by atoms with Crippen molar-refractivity contribution in [3.05, 3.63) is 34.9 Å². The molecule has 1 aromatic rings. The molecule has 0 bridgehead atoms. The molecule has 2 nitrogen and oxygen atoms in total. The van der Waals surface area contributed by atoms with Gasteiger partial charge in [0.2, 0.25) is 0 Å². The fourth-order valence-electron chi connectivity index (χ4n) is 2.17. The predicted octanol–water partition coefficient (Wildman–Crippen LogP) is 1.78. The second-order valence-corrected chi connectivity index (χ2v) is 3.86. The van der Waals surface area contributed by atoms with Gasteiger partial charge in [0.15, 0.2) is 0 Å². The fourth-order valence-corrected chi connectivity index (χ4v) is 2.17. The summed E-state index contributed by atoms with van der Waals surface area (Å²) in [7, 11) is 0. The van der Waals surface area contributed by atoms with Crippen molar-refractivity contribution in [2.24, 2.45) is 0 Å². The van der Waals surface area contributed by atoms with Crippen LogP contribution in [0.5, 0.6) is 0 Å². The third-order valence-corrected chi connectivity index (χ3v) is 2.96. The highest BCUT2D eigenvalue weighted by Crippen LogP contribution is 2.25. The lowest BCUT2D eigenvalue weighted by Crippen LogP contribution is -2.29. The molecule has 1 aliphatic heterocycles. The van der Waals surface area contributed by atoms with Crippen molar-refractivity contribution in [2.45, 2.75) is 32.4 Å². The molecule has 2 heteroatoms. The van der Waals surface area contributed by atoms with Gasteiger partial charge < -0.3 is 10.4 Å². The summed E-state index contributed by atoms with van der Waals surface area (Å²) in [6.45, 7) is 3.41. The topological polar surface area (TPSA) is 32.3 Å². The molecule has 0 aromatic heterocycles. The number of rotatable bonds is 2. The van der Waals surface area contributed by atoms with Gasteiger partial charge in [-0.25, -0.2) is 0 Å². The Labute approximate surface area is 85.0 Å². The SMILES string of the molecule is CCC1NCCc2cc(CO)ccc21. The zero-order valence-electron chi connectivity index (χ0n) is 8.59. The summed E-state index contributed by atoms with van der Waals surface area (Å²) in [5, 5.41) is 12.5. The van der Waals surface area contributed by atoms with Crippen LogP contribution in [-0.4, -0.2) is 11.7 Å². The first-order chi connectivity index (χ1) is 6.85. The molecule has 1 unspecified atom stereocenters. The van der Waals surface area contributed by atoms with Gasteiger partial charge in [0.05, 0.1) is 6.61 Å². The largest absolute Gasteiger partial charge is 0.392 e. The number of fused-ring (bicyclic) bond motifs is 1. The number of nitrogens with one attached hydrogen (secondary N) is 1. The third kappa shape index (κ3) is 1.68. The van der Waals surface area contributed by atoms with Crippen molar-refractivity contribution in [1.82, 2.24) is 5.32 Å². The van der Waals surface area contributed by atoms with Crippen molar-refractivity contribution >= 4 is 0 Å². The lowest BCUT2D eigenvalue weighted by Gasteiger charge is -2.26. The molecule has 0 saturated heterocycles. The summed E-state index contributed by atoms with van der Waals surface area (Å²) >= 11 is 0. The molecule has 0 spiro atoms. The van der Waals surface area contributed by atoms with Gasteiger partial charge in [0.1, 0.15) is 0 Å². The number of aliphatic hydroxyl groups excluding tert-OH is 1. The molecule has 1 aromatic carbocycles. The Morgan fingerprint density at radius 2 is 2.36 bits per heavy atom.